The van der Waals surface area contributed by atoms with E-state index in [4.69, 9.17) is 10.5 Å². The number of hydrogen-bond donors (Lipinski definition) is 1. The third kappa shape index (κ3) is 4.77. The number of carbonyl (C=O) groups is 1. The molecular weight excluding hydrogens is 508 g/mol. The van der Waals surface area contributed by atoms with E-state index < -0.39 is 29.7 Å². The minimum atomic E-state index is -4.56. The average molecular weight is 527 g/mol. The fraction of sp³-hybridized carbons (Fsp3) is 0.115. The molecule has 2 N–H and O–H groups in total. The van der Waals surface area contributed by atoms with Gasteiger partial charge in [-0.3, -0.25) is 9.36 Å². The molecule has 1 amide bonds. The number of benzene rings is 2. The monoisotopic (exact) mass is 526 g/mol. The Hall–Kier alpha value is -4.25. The van der Waals surface area contributed by atoms with Gasteiger partial charge in [0.1, 0.15) is 28.1 Å². The first-order valence-corrected chi connectivity index (χ1v) is 11.8. The molecule has 0 radical (unpaired) electrons. The number of amides is 1. The van der Waals surface area contributed by atoms with E-state index in [1.54, 1.807) is 41.2 Å². The lowest BCUT2D eigenvalue weighted by molar-refractivity contribution is -0.139. The first-order valence-electron chi connectivity index (χ1n) is 11.0. The van der Waals surface area contributed by atoms with E-state index in [1.165, 1.54) is 37.4 Å². The number of nitrogens with zero attached hydrogens (tertiary/aromatic N) is 3. The van der Waals surface area contributed by atoms with Gasteiger partial charge in [-0.1, -0.05) is 24.3 Å². The summed E-state index contributed by atoms with van der Waals surface area (Å²) in [5.74, 6) is -1.29. The quantitative estimate of drug-likeness (QED) is 0.201. The van der Waals surface area contributed by atoms with Crippen LogP contribution >= 0.6 is 11.3 Å². The molecule has 6 nitrogen and oxygen atoms in total. The van der Waals surface area contributed by atoms with Crippen molar-refractivity contribution in [2.75, 3.05) is 0 Å². The molecule has 5 rings (SSSR count). The molecule has 11 heteroatoms. The third-order valence-electron chi connectivity index (χ3n) is 5.76. The minimum Gasteiger partial charge on any atom is -0.484 e. The molecule has 0 aliphatic heterocycles. The van der Waals surface area contributed by atoms with Gasteiger partial charge in [-0.2, -0.15) is 17.6 Å². The van der Waals surface area contributed by atoms with Crippen LogP contribution in [-0.4, -0.2) is 20.4 Å². The van der Waals surface area contributed by atoms with Crippen molar-refractivity contribution >= 4 is 28.3 Å². The molecule has 37 heavy (non-hydrogen) atoms. The average Bonchev–Trinajstić information content (AvgIpc) is 3.47. The molecule has 0 saturated heterocycles. The molecule has 3 heterocycles. The van der Waals surface area contributed by atoms with E-state index in [2.05, 4.69) is 9.97 Å². The molecule has 0 aliphatic rings. The summed E-state index contributed by atoms with van der Waals surface area (Å²) < 4.78 is 61.6. The number of pyridine rings is 1. The highest BCUT2D eigenvalue weighted by molar-refractivity contribution is 7.16. The fourth-order valence-corrected chi connectivity index (χ4v) is 4.98. The van der Waals surface area contributed by atoms with Crippen LogP contribution in [0.2, 0.25) is 0 Å². The number of carbonyl (C=O) groups excluding carboxylic acids is 1. The van der Waals surface area contributed by atoms with Crippen molar-refractivity contribution in [2.45, 2.75) is 19.2 Å². The summed E-state index contributed by atoms with van der Waals surface area (Å²) in [5, 5.41) is 0.533. The summed E-state index contributed by atoms with van der Waals surface area (Å²) in [4.78, 5) is 20.2. The van der Waals surface area contributed by atoms with Crippen molar-refractivity contribution in [1.29, 1.82) is 0 Å². The molecule has 0 saturated carbocycles. The Morgan fingerprint density at radius 3 is 2.54 bits per heavy atom. The summed E-state index contributed by atoms with van der Waals surface area (Å²) >= 11 is 1.03. The molecule has 0 bridgehead atoms. The lowest BCUT2D eigenvalue weighted by atomic mass is 10.0. The van der Waals surface area contributed by atoms with Crippen LogP contribution in [-0.2, 0) is 6.18 Å². The van der Waals surface area contributed by atoms with Gasteiger partial charge >= 0.3 is 6.18 Å². The molecule has 5 aromatic rings. The SMILES string of the molecule is C[C@@H](Oc1cc(-n2cnc3cc(-c4ccnc(F)c4)ccc32)sc1C(N)=O)c1ccccc1C(F)(F)F. The van der Waals surface area contributed by atoms with Crippen molar-refractivity contribution in [1.82, 2.24) is 14.5 Å². The zero-order chi connectivity index (χ0) is 26.3. The molecular formula is C26H18F4N4O2S. The fourth-order valence-electron chi connectivity index (χ4n) is 4.05. The Labute approximate surface area is 212 Å². The van der Waals surface area contributed by atoms with Gasteiger partial charge in [0, 0.05) is 23.9 Å². The van der Waals surface area contributed by atoms with E-state index in [-0.39, 0.29) is 16.2 Å². The molecule has 2 aromatic carbocycles. The Kier molecular flexibility index (Phi) is 6.16. The zero-order valence-corrected chi connectivity index (χ0v) is 20.0. The summed E-state index contributed by atoms with van der Waals surface area (Å²) in [6.07, 6.45) is -2.65. The molecule has 0 spiro atoms. The number of thiophene rings is 1. The van der Waals surface area contributed by atoms with Gasteiger partial charge in [0.2, 0.25) is 5.95 Å². The van der Waals surface area contributed by atoms with Crippen LogP contribution in [0.5, 0.6) is 5.75 Å². The maximum atomic E-state index is 13.5. The number of aromatic nitrogens is 3. The third-order valence-corrected chi connectivity index (χ3v) is 6.89. The summed E-state index contributed by atoms with van der Waals surface area (Å²) in [6, 6.07) is 15.0. The normalized spacial score (nSPS) is 12.6. The number of hydrogen-bond acceptors (Lipinski definition) is 5. The van der Waals surface area contributed by atoms with Crippen molar-refractivity contribution in [3.8, 4) is 21.9 Å². The van der Waals surface area contributed by atoms with Gasteiger partial charge in [0.05, 0.1) is 16.6 Å². The smallest absolute Gasteiger partial charge is 0.416 e. The van der Waals surface area contributed by atoms with Gasteiger partial charge in [-0.15, -0.1) is 11.3 Å². The maximum Gasteiger partial charge on any atom is 0.416 e. The van der Waals surface area contributed by atoms with E-state index in [0.717, 1.165) is 23.0 Å². The van der Waals surface area contributed by atoms with Gasteiger partial charge < -0.3 is 10.5 Å². The lowest BCUT2D eigenvalue weighted by Gasteiger charge is -2.19. The van der Waals surface area contributed by atoms with Crippen LogP contribution < -0.4 is 10.5 Å². The van der Waals surface area contributed by atoms with Crippen LogP contribution in [0, 0.1) is 5.95 Å². The molecule has 0 unspecified atom stereocenters. The number of alkyl halides is 3. The van der Waals surface area contributed by atoms with Crippen LogP contribution in [0.1, 0.15) is 33.8 Å². The van der Waals surface area contributed by atoms with E-state index >= 15 is 0 Å². The summed E-state index contributed by atoms with van der Waals surface area (Å²) in [6.45, 7) is 1.47. The van der Waals surface area contributed by atoms with Crippen LogP contribution in [0.25, 0.3) is 27.2 Å². The molecule has 0 aliphatic carbocycles. The number of halogens is 4. The first-order chi connectivity index (χ1) is 17.6. The molecule has 1 atom stereocenters. The Morgan fingerprint density at radius 2 is 1.81 bits per heavy atom. The molecule has 3 aromatic heterocycles. The zero-order valence-electron chi connectivity index (χ0n) is 19.2. The van der Waals surface area contributed by atoms with Gasteiger partial charge in [-0.25, -0.2) is 9.97 Å². The van der Waals surface area contributed by atoms with Crippen LogP contribution in [0.15, 0.2) is 73.2 Å². The highest BCUT2D eigenvalue weighted by Crippen LogP contribution is 2.39. The van der Waals surface area contributed by atoms with Crippen molar-refractivity contribution in [3.63, 3.8) is 0 Å². The van der Waals surface area contributed by atoms with Gasteiger partial charge in [0.25, 0.3) is 5.91 Å². The maximum absolute atomic E-state index is 13.5. The highest BCUT2D eigenvalue weighted by Gasteiger charge is 2.35. The van der Waals surface area contributed by atoms with E-state index in [0.29, 0.717) is 21.6 Å². The first kappa shape index (κ1) is 24.4. The number of rotatable bonds is 6. The Morgan fingerprint density at radius 1 is 1.05 bits per heavy atom. The van der Waals surface area contributed by atoms with Crippen molar-refractivity contribution in [2.24, 2.45) is 5.73 Å². The summed E-state index contributed by atoms with van der Waals surface area (Å²) in [7, 11) is 0. The van der Waals surface area contributed by atoms with Gasteiger partial charge in [0.15, 0.2) is 0 Å². The van der Waals surface area contributed by atoms with Gasteiger partial charge in [-0.05, 0) is 42.3 Å². The standard InChI is InChI=1S/C26H18F4N4O2S/c1-14(17-4-2-3-5-18(17)26(28,29)30)36-21-12-23(37-24(21)25(31)35)34-13-33-19-10-15(6-7-20(19)34)16-8-9-32-22(27)11-16/h2-14H,1H3,(H2,31,35)/t14-/m1/s1. The molecule has 188 valence electrons. The number of fused-ring (bicyclic) bond motifs is 1. The van der Waals surface area contributed by atoms with E-state index in [1.807, 2.05) is 0 Å². The van der Waals surface area contributed by atoms with Crippen molar-refractivity contribution in [3.05, 3.63) is 95.1 Å². The van der Waals surface area contributed by atoms with Crippen LogP contribution in [0.4, 0.5) is 17.6 Å². The Bertz CT molecular complexity index is 1630. The number of primary amides is 1. The number of imidazole rings is 1. The Balaban J connectivity index is 1.50. The van der Waals surface area contributed by atoms with Crippen molar-refractivity contribution < 1.29 is 27.1 Å². The number of nitrogens with two attached hydrogens (primary N) is 1. The number of ether oxygens (including phenoxy) is 1. The predicted molar refractivity (Wildman–Crippen MR) is 131 cm³/mol. The highest BCUT2D eigenvalue weighted by atomic mass is 32.1. The van der Waals surface area contributed by atoms with Crippen LogP contribution in [0.3, 0.4) is 0 Å². The second-order valence-corrected chi connectivity index (χ2v) is 9.20. The second kappa shape index (κ2) is 9.32. The predicted octanol–water partition coefficient (Wildman–Crippen LogP) is 6.55. The van der Waals surface area contributed by atoms with E-state index in [9.17, 15) is 22.4 Å². The minimum absolute atomic E-state index is 0.0636. The lowest BCUT2D eigenvalue weighted by Crippen LogP contribution is -2.15. The molecule has 0 fully saturated rings. The second-order valence-electron chi connectivity index (χ2n) is 8.17. The largest absolute Gasteiger partial charge is 0.484 e. The summed E-state index contributed by atoms with van der Waals surface area (Å²) in [5.41, 5.74) is 7.36. The topological polar surface area (TPSA) is 83.0 Å².